The van der Waals surface area contributed by atoms with Crippen molar-refractivity contribution in [3.8, 4) is 11.5 Å². The minimum Gasteiger partial charge on any atom is -0.454 e. The maximum absolute atomic E-state index is 13.3. The molecule has 2 heterocycles. The molecule has 1 N–H and O–H groups in total. The molecule has 2 aliphatic heterocycles. The summed E-state index contributed by atoms with van der Waals surface area (Å²) in [7, 11) is 0. The van der Waals surface area contributed by atoms with E-state index in [2.05, 4.69) is 10.3 Å². The maximum atomic E-state index is 13.3. The van der Waals surface area contributed by atoms with Gasteiger partial charge in [0.1, 0.15) is 0 Å². The third kappa shape index (κ3) is 6.54. The Labute approximate surface area is 227 Å². The third-order valence-electron chi connectivity index (χ3n) is 6.16. The topological polar surface area (TPSA) is 80.2 Å². The zero-order valence-corrected chi connectivity index (χ0v) is 21.4. The van der Waals surface area contributed by atoms with E-state index >= 15 is 0 Å². The summed E-state index contributed by atoms with van der Waals surface area (Å²) in [5.41, 5.74) is 0.956. The van der Waals surface area contributed by atoms with Gasteiger partial charge in [-0.2, -0.15) is 13.2 Å². The van der Waals surface area contributed by atoms with Crippen LogP contribution in [0, 0.1) is 0 Å². The van der Waals surface area contributed by atoms with Crippen molar-refractivity contribution in [2.75, 3.05) is 13.3 Å². The number of aliphatic imine (C=N–C) groups is 1. The van der Waals surface area contributed by atoms with Crippen LogP contribution in [-0.4, -0.2) is 40.5 Å². The molecular formula is C28H24F3N3O4S. The molecule has 0 aromatic heterocycles. The standard InChI is InChI=1S/C28H24F3N3O4S/c29-28(30,31)20-7-4-8-21(14-20)33-27-34(16-19-9-10-22-23(13-19)38-17-37-22)25(35)15-24(39-27)26(36)32-12-11-18-5-2-1-3-6-18/h1-10,13-14,24H,11-12,15-17H2,(H,32,36)/t24-/m0/s1. The van der Waals surface area contributed by atoms with Crippen molar-refractivity contribution in [3.63, 3.8) is 0 Å². The van der Waals surface area contributed by atoms with Crippen LogP contribution in [-0.2, 0) is 28.7 Å². The molecule has 5 rings (SSSR count). The number of alkyl halides is 3. The van der Waals surface area contributed by atoms with Crippen molar-refractivity contribution in [2.45, 2.75) is 30.8 Å². The number of fused-ring (bicyclic) bond motifs is 1. The number of nitrogens with zero attached hydrogens (tertiary/aromatic N) is 2. The summed E-state index contributed by atoms with van der Waals surface area (Å²) in [5, 5.41) is 2.24. The van der Waals surface area contributed by atoms with E-state index in [0.29, 0.717) is 24.5 Å². The van der Waals surface area contributed by atoms with E-state index in [9.17, 15) is 22.8 Å². The lowest BCUT2D eigenvalue weighted by Gasteiger charge is -2.32. The molecule has 1 atom stereocenters. The van der Waals surface area contributed by atoms with Crippen LogP contribution in [0.3, 0.4) is 0 Å². The average Bonchev–Trinajstić information content (AvgIpc) is 3.39. The van der Waals surface area contributed by atoms with E-state index in [4.69, 9.17) is 9.47 Å². The molecule has 1 saturated heterocycles. The second-order valence-electron chi connectivity index (χ2n) is 8.95. The number of carbonyl (C=O) groups is 2. The monoisotopic (exact) mass is 555 g/mol. The smallest absolute Gasteiger partial charge is 0.416 e. The molecule has 0 aliphatic carbocycles. The number of benzene rings is 3. The van der Waals surface area contributed by atoms with Crippen LogP contribution in [0.2, 0.25) is 0 Å². The Bertz CT molecular complexity index is 1400. The van der Waals surface area contributed by atoms with Gasteiger partial charge in [0.25, 0.3) is 0 Å². The van der Waals surface area contributed by atoms with Gasteiger partial charge in [-0.15, -0.1) is 0 Å². The fraction of sp³-hybridized carbons (Fsp3) is 0.250. The fourth-order valence-electron chi connectivity index (χ4n) is 4.17. The number of nitrogens with one attached hydrogen (secondary N) is 1. The first kappa shape index (κ1) is 26.6. The van der Waals surface area contributed by atoms with E-state index in [1.165, 1.54) is 17.0 Å². The summed E-state index contributed by atoms with van der Waals surface area (Å²) in [6, 6.07) is 19.5. The lowest BCUT2D eigenvalue weighted by atomic mass is 10.1. The molecule has 2 amide bonds. The van der Waals surface area contributed by atoms with E-state index in [0.717, 1.165) is 35.0 Å². The SMILES string of the molecule is O=C(NCCc1ccccc1)[C@@H]1CC(=O)N(Cc2ccc3c(c2)OCO3)C(=Nc2cccc(C(F)(F)F)c2)S1. The highest BCUT2D eigenvalue weighted by atomic mass is 32.2. The molecule has 0 spiro atoms. The molecule has 1 fully saturated rings. The number of ether oxygens (including phenoxy) is 2. The van der Waals surface area contributed by atoms with E-state index < -0.39 is 17.0 Å². The molecule has 202 valence electrons. The number of hydrogen-bond acceptors (Lipinski definition) is 6. The summed E-state index contributed by atoms with van der Waals surface area (Å²) in [4.78, 5) is 32.0. The highest BCUT2D eigenvalue weighted by molar-refractivity contribution is 8.15. The molecule has 3 aromatic carbocycles. The number of amidine groups is 1. The Kier molecular flexibility index (Phi) is 7.78. The van der Waals surface area contributed by atoms with Gasteiger partial charge in [-0.3, -0.25) is 14.5 Å². The van der Waals surface area contributed by atoms with Gasteiger partial charge in [-0.05, 0) is 47.9 Å². The van der Waals surface area contributed by atoms with E-state index in [-0.39, 0.29) is 42.4 Å². The van der Waals surface area contributed by atoms with Crippen LogP contribution in [0.1, 0.15) is 23.1 Å². The lowest BCUT2D eigenvalue weighted by Crippen LogP contribution is -2.46. The summed E-state index contributed by atoms with van der Waals surface area (Å²) in [6.07, 6.45) is -3.99. The van der Waals surface area contributed by atoms with Crippen molar-refractivity contribution < 1.29 is 32.2 Å². The van der Waals surface area contributed by atoms with Crippen molar-refractivity contribution in [1.82, 2.24) is 10.2 Å². The minimum absolute atomic E-state index is 0.0287. The molecule has 2 aliphatic rings. The molecule has 7 nitrogen and oxygen atoms in total. The Morgan fingerprint density at radius 3 is 2.59 bits per heavy atom. The second kappa shape index (κ2) is 11.4. The maximum Gasteiger partial charge on any atom is 0.416 e. The van der Waals surface area contributed by atoms with Crippen molar-refractivity contribution in [3.05, 3.63) is 89.5 Å². The summed E-state index contributed by atoms with van der Waals surface area (Å²) >= 11 is 1.06. The first-order valence-corrected chi connectivity index (χ1v) is 13.1. The normalized spacial score (nSPS) is 17.9. The van der Waals surface area contributed by atoms with Crippen LogP contribution in [0.4, 0.5) is 18.9 Å². The van der Waals surface area contributed by atoms with Gasteiger partial charge in [-0.25, -0.2) is 4.99 Å². The van der Waals surface area contributed by atoms with Gasteiger partial charge in [0.2, 0.25) is 18.6 Å². The number of thioether (sulfide) groups is 1. The first-order chi connectivity index (χ1) is 18.8. The largest absolute Gasteiger partial charge is 0.454 e. The zero-order chi connectivity index (χ0) is 27.4. The molecule has 39 heavy (non-hydrogen) atoms. The highest BCUT2D eigenvalue weighted by Crippen LogP contribution is 2.36. The van der Waals surface area contributed by atoms with Gasteiger partial charge in [0, 0.05) is 13.0 Å². The second-order valence-corrected chi connectivity index (χ2v) is 10.1. The highest BCUT2D eigenvalue weighted by Gasteiger charge is 2.36. The summed E-state index contributed by atoms with van der Waals surface area (Å²) in [5.74, 6) is 0.434. The van der Waals surface area contributed by atoms with E-state index in [1.54, 1.807) is 18.2 Å². The van der Waals surface area contributed by atoms with Gasteiger partial charge >= 0.3 is 6.18 Å². The Hall–Kier alpha value is -3.99. The molecule has 0 bridgehead atoms. The lowest BCUT2D eigenvalue weighted by molar-refractivity contribution is -0.137. The van der Waals surface area contributed by atoms with Crippen LogP contribution >= 0.6 is 11.8 Å². The fourth-order valence-corrected chi connectivity index (χ4v) is 5.29. The van der Waals surface area contributed by atoms with Crippen LogP contribution in [0.25, 0.3) is 0 Å². The number of hydrogen-bond donors (Lipinski definition) is 1. The molecule has 11 heteroatoms. The Morgan fingerprint density at radius 2 is 1.79 bits per heavy atom. The average molecular weight is 556 g/mol. The zero-order valence-electron chi connectivity index (χ0n) is 20.6. The first-order valence-electron chi connectivity index (χ1n) is 12.2. The van der Waals surface area contributed by atoms with Crippen LogP contribution < -0.4 is 14.8 Å². The minimum atomic E-state index is -4.54. The van der Waals surface area contributed by atoms with Crippen molar-refractivity contribution >= 4 is 34.4 Å². The van der Waals surface area contributed by atoms with Crippen LogP contribution in [0.15, 0.2) is 77.8 Å². The number of halogens is 3. The molecule has 0 unspecified atom stereocenters. The van der Waals surface area contributed by atoms with Crippen molar-refractivity contribution in [2.24, 2.45) is 4.99 Å². The van der Waals surface area contributed by atoms with Crippen LogP contribution in [0.5, 0.6) is 11.5 Å². The van der Waals surface area contributed by atoms with Gasteiger partial charge in [0.15, 0.2) is 16.7 Å². The number of carbonyl (C=O) groups excluding carboxylic acids is 2. The quantitative estimate of drug-likeness (QED) is 0.427. The van der Waals surface area contributed by atoms with Gasteiger partial charge in [-0.1, -0.05) is 54.2 Å². The third-order valence-corrected chi connectivity index (χ3v) is 7.35. The number of amides is 2. The molecule has 0 radical (unpaired) electrons. The van der Waals surface area contributed by atoms with Crippen molar-refractivity contribution in [1.29, 1.82) is 0 Å². The molecule has 0 saturated carbocycles. The van der Waals surface area contributed by atoms with E-state index in [1.807, 2.05) is 30.3 Å². The predicted octanol–water partition coefficient (Wildman–Crippen LogP) is 5.31. The Morgan fingerprint density at radius 1 is 1.00 bits per heavy atom. The molecule has 3 aromatic rings. The summed E-state index contributed by atoms with van der Waals surface area (Å²) < 4.78 is 50.6. The Balaban J connectivity index is 1.37. The predicted molar refractivity (Wildman–Crippen MR) is 141 cm³/mol. The molecular weight excluding hydrogens is 531 g/mol. The number of rotatable bonds is 7. The van der Waals surface area contributed by atoms with Gasteiger partial charge < -0.3 is 14.8 Å². The summed E-state index contributed by atoms with van der Waals surface area (Å²) in [6.45, 7) is 0.582. The van der Waals surface area contributed by atoms with Gasteiger partial charge in [0.05, 0.1) is 23.0 Å².